The second kappa shape index (κ2) is 9.63. The van der Waals surface area contributed by atoms with Crippen molar-refractivity contribution in [2.24, 2.45) is 0 Å². The summed E-state index contributed by atoms with van der Waals surface area (Å²) in [7, 11) is 0. The van der Waals surface area contributed by atoms with Crippen LogP contribution >= 0.6 is 0 Å². The molecule has 184 valence electrons. The normalized spacial score (nSPS) is 14.3. The summed E-state index contributed by atoms with van der Waals surface area (Å²) in [5, 5.41) is 28.7. The van der Waals surface area contributed by atoms with Crippen LogP contribution in [0.3, 0.4) is 0 Å². The van der Waals surface area contributed by atoms with E-state index in [9.17, 15) is 20.0 Å². The fourth-order valence-electron chi connectivity index (χ4n) is 4.39. The maximum Gasteiger partial charge on any atom is 0.413 e. The van der Waals surface area contributed by atoms with Crippen LogP contribution in [-0.4, -0.2) is 27.4 Å². The van der Waals surface area contributed by atoms with E-state index in [4.69, 9.17) is 4.74 Å². The first kappa shape index (κ1) is 23.8. The van der Waals surface area contributed by atoms with Crippen LogP contribution in [0.15, 0.2) is 78.9 Å². The summed E-state index contributed by atoms with van der Waals surface area (Å²) in [6.07, 6.45) is 0.163. The van der Waals surface area contributed by atoms with Crippen LogP contribution < -0.4 is 5.32 Å². The Morgan fingerprint density at radius 1 is 1.00 bits per heavy atom. The van der Waals surface area contributed by atoms with Crippen LogP contribution in [-0.2, 0) is 14.9 Å². The quantitative estimate of drug-likeness (QED) is 0.288. The second-order valence-electron chi connectivity index (χ2n) is 9.06. The lowest BCUT2D eigenvalue weighted by molar-refractivity contribution is -0.140. The van der Waals surface area contributed by atoms with Crippen LogP contribution in [0.25, 0.3) is 22.4 Å². The molecule has 8 nitrogen and oxygen atoms in total. The van der Waals surface area contributed by atoms with Gasteiger partial charge >= 0.3 is 12.1 Å². The number of hydrogen-bond acceptors (Lipinski definition) is 5. The number of amides is 1. The van der Waals surface area contributed by atoms with E-state index in [-0.39, 0.29) is 11.4 Å². The number of carboxylic acid groups (broad SMARTS) is 1. The van der Waals surface area contributed by atoms with Crippen molar-refractivity contribution in [1.82, 2.24) is 10.2 Å². The first-order valence-electron chi connectivity index (χ1n) is 11.9. The van der Waals surface area contributed by atoms with Crippen molar-refractivity contribution < 1.29 is 19.4 Å². The summed E-state index contributed by atoms with van der Waals surface area (Å²) in [4.78, 5) is 24.0. The predicted octanol–water partition coefficient (Wildman–Crippen LogP) is 6.04. The van der Waals surface area contributed by atoms with Gasteiger partial charge in [0.25, 0.3) is 0 Å². The highest BCUT2D eigenvalue weighted by atomic mass is 16.6. The molecule has 1 unspecified atom stereocenters. The molecule has 1 amide bonds. The first-order valence-corrected chi connectivity index (χ1v) is 11.9. The van der Waals surface area contributed by atoms with Gasteiger partial charge in [0.15, 0.2) is 5.82 Å². The first-order chi connectivity index (χ1) is 17.9. The molecule has 1 heterocycles. The van der Waals surface area contributed by atoms with Crippen LogP contribution in [0.2, 0.25) is 0 Å². The van der Waals surface area contributed by atoms with Crippen molar-refractivity contribution in [3.05, 3.63) is 95.6 Å². The molecule has 37 heavy (non-hydrogen) atoms. The highest BCUT2D eigenvalue weighted by molar-refractivity contribution is 5.88. The number of nitrogens with one attached hydrogen (secondary N) is 2. The lowest BCUT2D eigenvalue weighted by Gasteiger charge is -2.13. The molecule has 1 aromatic heterocycles. The molecule has 0 spiro atoms. The number of carbonyl (C=O) groups is 2. The summed E-state index contributed by atoms with van der Waals surface area (Å²) in [5.41, 5.74) is 4.26. The van der Waals surface area contributed by atoms with Crippen molar-refractivity contribution >= 4 is 17.9 Å². The number of aliphatic carboxylic acids is 1. The molecule has 1 aliphatic carbocycles. The van der Waals surface area contributed by atoms with Crippen LogP contribution in [0, 0.1) is 11.3 Å². The number of aromatic nitrogens is 2. The summed E-state index contributed by atoms with van der Waals surface area (Å²) < 4.78 is 5.42. The van der Waals surface area contributed by atoms with E-state index in [1.165, 1.54) is 0 Å². The van der Waals surface area contributed by atoms with Gasteiger partial charge in [-0.15, -0.1) is 0 Å². The summed E-state index contributed by atoms with van der Waals surface area (Å²) in [6.45, 7) is 1.77. The SMILES string of the molecule is CC(OC(=O)Nc1n[nH]c(-c2ccc(-c3ccc(C4(C(=O)O)CC4)cc3)cc2)c1C#N)c1ccccc1. The van der Waals surface area contributed by atoms with Crippen LogP contribution in [0.4, 0.5) is 10.6 Å². The van der Waals surface area contributed by atoms with Gasteiger partial charge in [-0.2, -0.15) is 10.4 Å². The number of benzene rings is 3. The minimum Gasteiger partial charge on any atom is -0.481 e. The topological polar surface area (TPSA) is 128 Å². The van der Waals surface area contributed by atoms with Gasteiger partial charge < -0.3 is 9.84 Å². The second-order valence-corrected chi connectivity index (χ2v) is 9.06. The molecule has 0 radical (unpaired) electrons. The van der Waals surface area contributed by atoms with Gasteiger partial charge in [0.2, 0.25) is 0 Å². The number of anilines is 1. The number of carboxylic acids is 1. The molecule has 3 aromatic carbocycles. The van der Waals surface area contributed by atoms with Crippen molar-refractivity contribution in [1.29, 1.82) is 5.26 Å². The maximum absolute atomic E-state index is 12.4. The zero-order valence-electron chi connectivity index (χ0n) is 20.1. The molecule has 1 saturated carbocycles. The van der Waals surface area contributed by atoms with E-state index in [0.717, 1.165) is 27.8 Å². The number of aromatic amines is 1. The predicted molar refractivity (Wildman–Crippen MR) is 138 cm³/mol. The molecule has 0 aliphatic heterocycles. The molecule has 1 atom stereocenters. The molecule has 8 heteroatoms. The minimum atomic E-state index is -0.773. The summed E-state index contributed by atoms with van der Waals surface area (Å²) in [6, 6.07) is 26.6. The van der Waals surface area contributed by atoms with E-state index < -0.39 is 23.6 Å². The van der Waals surface area contributed by atoms with Gasteiger partial charge in [-0.3, -0.25) is 15.2 Å². The van der Waals surface area contributed by atoms with Crippen molar-refractivity contribution in [2.45, 2.75) is 31.3 Å². The molecule has 1 fully saturated rings. The van der Waals surface area contributed by atoms with Crippen molar-refractivity contribution in [3.63, 3.8) is 0 Å². The number of nitriles is 1. The van der Waals surface area contributed by atoms with E-state index in [2.05, 4.69) is 21.6 Å². The van der Waals surface area contributed by atoms with Gasteiger partial charge in [0.1, 0.15) is 17.7 Å². The fraction of sp³-hybridized carbons (Fsp3) is 0.172. The van der Waals surface area contributed by atoms with E-state index in [1.807, 2.05) is 78.9 Å². The maximum atomic E-state index is 12.4. The highest BCUT2D eigenvalue weighted by Crippen LogP contribution is 2.48. The monoisotopic (exact) mass is 492 g/mol. The van der Waals surface area contributed by atoms with Crippen molar-refractivity contribution in [3.8, 4) is 28.5 Å². The molecular weight excluding hydrogens is 468 g/mol. The third-order valence-electron chi connectivity index (χ3n) is 6.76. The average Bonchev–Trinajstić information content (AvgIpc) is 3.65. The Morgan fingerprint density at radius 3 is 2.16 bits per heavy atom. The number of hydrogen-bond donors (Lipinski definition) is 3. The molecule has 0 saturated heterocycles. The van der Waals surface area contributed by atoms with Gasteiger partial charge in [0, 0.05) is 5.56 Å². The number of ether oxygens (including phenoxy) is 1. The molecular formula is C29H24N4O4. The Hall–Kier alpha value is -4.90. The third-order valence-corrected chi connectivity index (χ3v) is 6.76. The molecule has 4 aromatic rings. The number of rotatable bonds is 7. The standard InChI is InChI=1S/C29H24N4O4/c1-18(19-5-3-2-4-6-19)37-28(36)31-26-24(17-30)25(32-33-26)22-9-7-20(8-10-22)21-11-13-23(14-12-21)29(15-16-29)27(34)35/h2-14,18H,15-16H2,1H3,(H,34,35)(H2,31,32,33,36). The molecule has 5 rings (SSSR count). The smallest absolute Gasteiger partial charge is 0.413 e. The van der Waals surface area contributed by atoms with Gasteiger partial charge in [0.05, 0.1) is 11.1 Å². The number of nitrogens with zero attached hydrogens (tertiary/aromatic N) is 2. The van der Waals surface area contributed by atoms with Crippen LogP contribution in [0.5, 0.6) is 0 Å². The Morgan fingerprint density at radius 2 is 1.59 bits per heavy atom. The van der Waals surface area contributed by atoms with Crippen LogP contribution in [0.1, 0.15) is 42.6 Å². The largest absolute Gasteiger partial charge is 0.481 e. The average molecular weight is 493 g/mol. The zero-order valence-corrected chi connectivity index (χ0v) is 20.1. The van der Waals surface area contributed by atoms with Gasteiger partial charge in [-0.25, -0.2) is 4.79 Å². The number of carbonyl (C=O) groups excluding carboxylic acids is 1. The Bertz CT molecular complexity index is 1480. The minimum absolute atomic E-state index is 0.0925. The lowest BCUT2D eigenvalue weighted by Crippen LogP contribution is -2.19. The van der Waals surface area contributed by atoms with Gasteiger partial charge in [-0.05, 0) is 42.0 Å². The Kier molecular flexibility index (Phi) is 6.20. The molecule has 0 bridgehead atoms. The lowest BCUT2D eigenvalue weighted by atomic mass is 9.93. The Balaban J connectivity index is 1.29. The van der Waals surface area contributed by atoms with Gasteiger partial charge in [-0.1, -0.05) is 78.9 Å². The summed E-state index contributed by atoms with van der Waals surface area (Å²) in [5.74, 6) is -0.680. The van der Waals surface area contributed by atoms with E-state index in [0.29, 0.717) is 18.5 Å². The fourth-order valence-corrected chi connectivity index (χ4v) is 4.39. The molecule has 3 N–H and O–H groups in total. The number of H-pyrrole nitrogens is 1. The van der Waals surface area contributed by atoms with E-state index in [1.54, 1.807) is 6.92 Å². The zero-order chi connectivity index (χ0) is 26.0. The Labute approximate surface area is 213 Å². The molecule has 1 aliphatic rings. The van der Waals surface area contributed by atoms with E-state index >= 15 is 0 Å². The highest BCUT2D eigenvalue weighted by Gasteiger charge is 2.51. The van der Waals surface area contributed by atoms with Crippen molar-refractivity contribution in [2.75, 3.05) is 5.32 Å². The summed E-state index contributed by atoms with van der Waals surface area (Å²) >= 11 is 0. The third kappa shape index (κ3) is 4.67.